The lowest BCUT2D eigenvalue weighted by Gasteiger charge is -2.18. The van der Waals surface area contributed by atoms with E-state index in [0.717, 1.165) is 29.1 Å². The number of nitrogens with zero attached hydrogens (tertiary/aromatic N) is 3. The number of anilines is 1. The molecule has 136 valence electrons. The number of halogens is 1. The van der Waals surface area contributed by atoms with Gasteiger partial charge in [-0.25, -0.2) is 4.98 Å². The van der Waals surface area contributed by atoms with E-state index in [1.165, 1.54) is 11.3 Å². The Balaban J connectivity index is 1.77. The fourth-order valence-corrected chi connectivity index (χ4v) is 3.58. The lowest BCUT2D eigenvalue weighted by Crippen LogP contribution is -2.21. The number of carboxylic acid groups (broad SMARTS) is 1. The summed E-state index contributed by atoms with van der Waals surface area (Å²) < 4.78 is 0.693. The second-order valence-electron chi connectivity index (χ2n) is 5.95. The molecule has 0 spiro atoms. The van der Waals surface area contributed by atoms with Crippen LogP contribution < -0.4 is 5.32 Å². The highest BCUT2D eigenvalue weighted by Gasteiger charge is 2.15. The summed E-state index contributed by atoms with van der Waals surface area (Å²) in [5.74, 6) is 1.05. The molecule has 2 N–H and O–H groups in total. The first kappa shape index (κ1) is 18.5. The van der Waals surface area contributed by atoms with Crippen LogP contribution >= 0.6 is 22.9 Å². The zero-order valence-corrected chi connectivity index (χ0v) is 15.8. The molecule has 2 aromatic heterocycles. The van der Waals surface area contributed by atoms with Crippen molar-refractivity contribution >= 4 is 34.9 Å². The van der Waals surface area contributed by atoms with Crippen LogP contribution in [0.25, 0.3) is 10.7 Å². The Morgan fingerprint density at radius 2 is 2.23 bits per heavy atom. The molecule has 0 bridgehead atoms. The minimum absolute atomic E-state index is 0.0178. The van der Waals surface area contributed by atoms with Crippen LogP contribution in [-0.4, -0.2) is 32.1 Å². The van der Waals surface area contributed by atoms with Crippen LogP contribution in [0.5, 0.6) is 0 Å². The van der Waals surface area contributed by atoms with Crippen molar-refractivity contribution in [3.05, 3.63) is 46.1 Å². The molecule has 2 heterocycles. The van der Waals surface area contributed by atoms with Crippen LogP contribution in [0.15, 0.2) is 35.9 Å². The normalized spacial score (nSPS) is 16.4. The van der Waals surface area contributed by atoms with Crippen LogP contribution in [0.4, 0.5) is 5.95 Å². The fraction of sp³-hybridized carbons (Fsp3) is 0.333. The van der Waals surface area contributed by atoms with Gasteiger partial charge in [0.25, 0.3) is 0 Å². The number of aryl methyl sites for hydroxylation is 1. The Bertz CT molecular complexity index is 863. The van der Waals surface area contributed by atoms with Crippen molar-refractivity contribution in [3.63, 3.8) is 0 Å². The lowest BCUT2D eigenvalue weighted by molar-refractivity contribution is -0.136. The van der Waals surface area contributed by atoms with Gasteiger partial charge >= 0.3 is 5.97 Å². The van der Waals surface area contributed by atoms with Gasteiger partial charge in [-0.2, -0.15) is 9.97 Å². The van der Waals surface area contributed by atoms with Gasteiger partial charge in [0.2, 0.25) is 5.95 Å². The van der Waals surface area contributed by atoms with E-state index < -0.39 is 5.97 Å². The van der Waals surface area contributed by atoms with Gasteiger partial charge < -0.3 is 10.4 Å². The van der Waals surface area contributed by atoms with Crippen LogP contribution in [0, 0.1) is 0 Å². The van der Waals surface area contributed by atoms with E-state index in [1.54, 1.807) is 0 Å². The monoisotopic (exact) mass is 390 g/mol. The SMILES string of the molecule is CCCc1nc(NC2C=CC(CC(=O)O)=CC2)nc(-c2ccc(Cl)s2)n1. The minimum atomic E-state index is -0.826. The number of aromatic nitrogens is 3. The number of aliphatic carboxylic acids is 1. The summed E-state index contributed by atoms with van der Waals surface area (Å²) in [4.78, 5) is 25.3. The summed E-state index contributed by atoms with van der Waals surface area (Å²) in [6.45, 7) is 2.08. The summed E-state index contributed by atoms with van der Waals surface area (Å²) >= 11 is 7.46. The van der Waals surface area contributed by atoms with Crippen molar-refractivity contribution in [2.45, 2.75) is 38.6 Å². The number of nitrogens with one attached hydrogen (secondary N) is 1. The number of thiophene rings is 1. The average Bonchev–Trinajstić information content (AvgIpc) is 3.03. The number of hydrogen-bond acceptors (Lipinski definition) is 6. The Kier molecular flexibility index (Phi) is 6.00. The molecule has 0 saturated carbocycles. The molecule has 1 atom stereocenters. The van der Waals surface area contributed by atoms with Crippen molar-refractivity contribution in [2.24, 2.45) is 0 Å². The summed E-state index contributed by atoms with van der Waals surface area (Å²) in [5.41, 5.74) is 0.812. The highest BCUT2D eigenvalue weighted by atomic mass is 35.5. The van der Waals surface area contributed by atoms with Gasteiger partial charge in [0.1, 0.15) is 5.82 Å². The number of carboxylic acids is 1. The second kappa shape index (κ2) is 8.42. The number of allylic oxidation sites excluding steroid dienone is 1. The Morgan fingerprint density at radius 3 is 2.85 bits per heavy atom. The van der Waals surface area contributed by atoms with Gasteiger partial charge in [-0.1, -0.05) is 36.8 Å². The third-order valence-electron chi connectivity index (χ3n) is 3.80. The number of carbonyl (C=O) groups is 1. The minimum Gasteiger partial charge on any atom is -0.481 e. The van der Waals surface area contributed by atoms with E-state index >= 15 is 0 Å². The van der Waals surface area contributed by atoms with Crippen molar-refractivity contribution < 1.29 is 9.90 Å². The molecule has 1 aliphatic carbocycles. The molecule has 0 saturated heterocycles. The molecule has 2 aromatic rings. The van der Waals surface area contributed by atoms with E-state index in [0.29, 0.717) is 22.5 Å². The van der Waals surface area contributed by atoms with Gasteiger partial charge in [-0.05, 0) is 30.5 Å². The molecule has 8 heteroatoms. The Labute approximate surface area is 160 Å². The standard InChI is InChI=1S/C18H19ClN4O2S/c1-2-3-15-21-17(13-8-9-14(19)26-13)23-18(22-15)20-12-6-4-11(5-7-12)10-16(24)25/h4-6,8-9,12H,2-3,7,10H2,1H3,(H,24,25)(H,20,21,22,23). The highest BCUT2D eigenvalue weighted by Crippen LogP contribution is 2.29. The topological polar surface area (TPSA) is 88.0 Å². The van der Waals surface area contributed by atoms with E-state index in [4.69, 9.17) is 16.7 Å². The van der Waals surface area contributed by atoms with Crippen molar-refractivity contribution in [3.8, 4) is 10.7 Å². The van der Waals surface area contributed by atoms with Gasteiger partial charge in [-0.15, -0.1) is 11.3 Å². The first-order valence-electron chi connectivity index (χ1n) is 8.39. The maximum atomic E-state index is 10.8. The molecular weight excluding hydrogens is 372 g/mol. The van der Waals surface area contributed by atoms with E-state index in [-0.39, 0.29) is 12.5 Å². The number of rotatable bonds is 7. The van der Waals surface area contributed by atoms with Gasteiger partial charge in [0, 0.05) is 6.42 Å². The molecule has 1 aliphatic rings. The van der Waals surface area contributed by atoms with E-state index in [1.807, 2.05) is 30.4 Å². The molecule has 0 aromatic carbocycles. The summed E-state index contributed by atoms with van der Waals surface area (Å²) in [7, 11) is 0. The molecule has 1 unspecified atom stereocenters. The third kappa shape index (κ3) is 4.89. The predicted molar refractivity (Wildman–Crippen MR) is 104 cm³/mol. The first-order valence-corrected chi connectivity index (χ1v) is 9.59. The molecule has 6 nitrogen and oxygen atoms in total. The first-order chi connectivity index (χ1) is 12.5. The molecule has 3 rings (SSSR count). The lowest BCUT2D eigenvalue weighted by atomic mass is 10.0. The zero-order chi connectivity index (χ0) is 18.5. The molecule has 0 fully saturated rings. The second-order valence-corrected chi connectivity index (χ2v) is 7.66. The summed E-state index contributed by atoms with van der Waals surface area (Å²) in [5, 5.41) is 12.2. The van der Waals surface area contributed by atoms with Crippen LogP contribution in [-0.2, 0) is 11.2 Å². The molecule has 0 radical (unpaired) electrons. The van der Waals surface area contributed by atoms with Crippen LogP contribution in [0.1, 0.15) is 32.0 Å². The number of hydrogen-bond donors (Lipinski definition) is 2. The quantitative estimate of drug-likeness (QED) is 0.730. The smallest absolute Gasteiger partial charge is 0.307 e. The predicted octanol–water partition coefficient (Wildman–Crippen LogP) is 4.35. The molecule has 0 aliphatic heterocycles. The van der Waals surface area contributed by atoms with Crippen molar-refractivity contribution in [2.75, 3.05) is 5.32 Å². The Morgan fingerprint density at radius 1 is 1.38 bits per heavy atom. The maximum Gasteiger partial charge on any atom is 0.307 e. The van der Waals surface area contributed by atoms with Crippen LogP contribution in [0.2, 0.25) is 4.34 Å². The fourth-order valence-electron chi connectivity index (χ4n) is 2.61. The largest absolute Gasteiger partial charge is 0.481 e. The van der Waals surface area contributed by atoms with Gasteiger partial charge in [-0.3, -0.25) is 4.79 Å². The molecule has 0 amide bonds. The maximum absolute atomic E-state index is 10.8. The van der Waals surface area contributed by atoms with Crippen molar-refractivity contribution in [1.29, 1.82) is 0 Å². The zero-order valence-electron chi connectivity index (χ0n) is 14.3. The van der Waals surface area contributed by atoms with E-state index in [2.05, 4.69) is 27.2 Å². The van der Waals surface area contributed by atoms with Crippen LogP contribution in [0.3, 0.4) is 0 Å². The van der Waals surface area contributed by atoms with Gasteiger partial charge in [0.15, 0.2) is 5.82 Å². The Hall–Kier alpha value is -2.25. The third-order valence-corrected chi connectivity index (χ3v) is 5.02. The van der Waals surface area contributed by atoms with E-state index in [9.17, 15) is 4.79 Å². The molecule has 26 heavy (non-hydrogen) atoms. The summed E-state index contributed by atoms with van der Waals surface area (Å²) in [6, 6.07) is 3.75. The summed E-state index contributed by atoms with van der Waals surface area (Å²) in [6.07, 6.45) is 8.16. The van der Waals surface area contributed by atoms with Gasteiger partial charge in [0.05, 0.1) is 21.7 Å². The molecular formula is C18H19ClN4O2S. The highest BCUT2D eigenvalue weighted by molar-refractivity contribution is 7.19. The van der Waals surface area contributed by atoms with Crippen molar-refractivity contribution in [1.82, 2.24) is 15.0 Å². The average molecular weight is 391 g/mol.